The molecule has 0 spiro atoms. The first-order chi connectivity index (χ1) is 8.58. The third-order valence-corrected chi connectivity index (χ3v) is 3.47. The molecule has 0 aliphatic carbocycles. The summed E-state index contributed by atoms with van der Waals surface area (Å²) in [4.78, 5) is 26.8. The van der Waals surface area contributed by atoms with Gasteiger partial charge in [0.05, 0.1) is 11.3 Å². The Morgan fingerprint density at radius 1 is 1.33 bits per heavy atom. The van der Waals surface area contributed by atoms with Crippen LogP contribution in [0.5, 0.6) is 0 Å². The van der Waals surface area contributed by atoms with Crippen LogP contribution >= 0.6 is 27.3 Å². The Kier molecular flexibility index (Phi) is 3.73. The van der Waals surface area contributed by atoms with Crippen molar-refractivity contribution in [1.29, 1.82) is 0 Å². The van der Waals surface area contributed by atoms with Gasteiger partial charge in [-0.25, -0.2) is 9.78 Å². The molecular weight excluding hydrogens is 320 g/mol. The highest BCUT2D eigenvalue weighted by Gasteiger charge is 2.14. The maximum atomic E-state index is 11.8. The van der Waals surface area contributed by atoms with Crippen LogP contribution in [0.3, 0.4) is 0 Å². The van der Waals surface area contributed by atoms with Crippen molar-refractivity contribution in [1.82, 2.24) is 4.98 Å². The number of nitrogens with zero attached hydrogens (tertiary/aromatic N) is 1. The fourth-order valence-corrected chi connectivity index (χ4v) is 2.20. The topological polar surface area (TPSA) is 79.3 Å². The summed E-state index contributed by atoms with van der Waals surface area (Å²) in [7, 11) is 0. The molecule has 0 bridgehead atoms. The fourth-order valence-electron chi connectivity index (χ4n) is 1.28. The summed E-state index contributed by atoms with van der Waals surface area (Å²) >= 11 is 4.23. The number of carbonyl (C=O) groups is 2. The van der Waals surface area contributed by atoms with Gasteiger partial charge in [0.2, 0.25) is 0 Å². The maximum absolute atomic E-state index is 11.8. The van der Waals surface area contributed by atoms with Gasteiger partial charge in [-0.05, 0) is 39.5 Å². The average molecular weight is 327 g/mol. The summed E-state index contributed by atoms with van der Waals surface area (Å²) in [6, 6.07) is 4.79. The summed E-state index contributed by atoms with van der Waals surface area (Å²) in [5.74, 6) is -1.45. The highest BCUT2D eigenvalue weighted by atomic mass is 79.9. The van der Waals surface area contributed by atoms with Crippen molar-refractivity contribution in [3.63, 3.8) is 0 Å². The minimum atomic E-state index is -1.06. The van der Waals surface area contributed by atoms with Gasteiger partial charge in [0.1, 0.15) is 9.48 Å². The van der Waals surface area contributed by atoms with Gasteiger partial charge in [-0.3, -0.25) is 4.79 Å². The van der Waals surface area contributed by atoms with E-state index >= 15 is 0 Å². The van der Waals surface area contributed by atoms with E-state index in [-0.39, 0.29) is 4.88 Å². The van der Waals surface area contributed by atoms with E-state index in [0.29, 0.717) is 15.9 Å². The van der Waals surface area contributed by atoms with Crippen LogP contribution in [0.2, 0.25) is 0 Å². The number of rotatable bonds is 3. The lowest BCUT2D eigenvalue weighted by molar-refractivity contribution is 0.0703. The lowest BCUT2D eigenvalue weighted by Crippen LogP contribution is -2.13. The van der Waals surface area contributed by atoms with Crippen molar-refractivity contribution >= 4 is 44.8 Å². The maximum Gasteiger partial charge on any atom is 0.348 e. The number of carbonyl (C=O) groups excluding carboxylic acids is 1. The van der Waals surface area contributed by atoms with Crippen molar-refractivity contribution in [3.05, 3.63) is 44.8 Å². The van der Waals surface area contributed by atoms with E-state index in [1.54, 1.807) is 23.6 Å². The number of aromatic nitrogens is 1. The predicted molar refractivity (Wildman–Crippen MR) is 71.2 cm³/mol. The molecule has 5 nitrogen and oxygen atoms in total. The third-order valence-electron chi connectivity index (χ3n) is 2.10. The van der Waals surface area contributed by atoms with Crippen LogP contribution in [-0.2, 0) is 0 Å². The Balaban J connectivity index is 2.19. The number of hydrogen-bond donors (Lipinski definition) is 2. The van der Waals surface area contributed by atoms with Crippen LogP contribution in [0.15, 0.2) is 34.4 Å². The summed E-state index contributed by atoms with van der Waals surface area (Å²) < 4.78 is 0.626. The van der Waals surface area contributed by atoms with Gasteiger partial charge in [-0.2, -0.15) is 0 Å². The van der Waals surface area contributed by atoms with Crippen molar-refractivity contribution in [2.75, 3.05) is 5.32 Å². The minimum absolute atomic E-state index is 0.105. The molecule has 0 aliphatic rings. The summed E-state index contributed by atoms with van der Waals surface area (Å²) in [5.41, 5.74) is 0.654. The standard InChI is InChI=1S/C11H7BrN2O3S/c12-8-2-1-6(5-13-8)10(15)14-7-3-4-18-9(7)11(16)17/h1-5H,(H,14,15)(H,16,17). The molecule has 0 aromatic carbocycles. The monoisotopic (exact) mass is 326 g/mol. The number of hydrogen-bond acceptors (Lipinski definition) is 4. The van der Waals surface area contributed by atoms with E-state index in [0.717, 1.165) is 11.3 Å². The number of pyridine rings is 1. The van der Waals surface area contributed by atoms with E-state index < -0.39 is 11.9 Å². The second-order valence-electron chi connectivity index (χ2n) is 3.29. The van der Waals surface area contributed by atoms with Gasteiger partial charge >= 0.3 is 5.97 Å². The first-order valence-electron chi connectivity index (χ1n) is 4.81. The van der Waals surface area contributed by atoms with Crippen LogP contribution in [0, 0.1) is 0 Å². The van der Waals surface area contributed by atoms with Gasteiger partial charge in [0, 0.05) is 6.20 Å². The number of carboxylic acids is 1. The SMILES string of the molecule is O=C(Nc1ccsc1C(=O)O)c1ccc(Br)nc1. The summed E-state index contributed by atoms with van der Waals surface area (Å²) in [5, 5.41) is 13.1. The largest absolute Gasteiger partial charge is 0.477 e. The van der Waals surface area contributed by atoms with Crippen molar-refractivity contribution in [3.8, 4) is 0 Å². The zero-order chi connectivity index (χ0) is 13.1. The average Bonchev–Trinajstić information content (AvgIpc) is 2.78. The van der Waals surface area contributed by atoms with Gasteiger partial charge in [0.15, 0.2) is 0 Å². The molecule has 0 radical (unpaired) electrons. The Labute approximate surface area is 115 Å². The Hall–Kier alpha value is -1.73. The molecule has 2 N–H and O–H groups in total. The van der Waals surface area contributed by atoms with Crippen LogP contribution in [0.4, 0.5) is 5.69 Å². The lowest BCUT2D eigenvalue weighted by Gasteiger charge is -2.04. The molecule has 0 saturated heterocycles. The molecule has 0 atom stereocenters. The van der Waals surface area contributed by atoms with E-state index in [2.05, 4.69) is 26.2 Å². The van der Waals surface area contributed by atoms with E-state index in [9.17, 15) is 9.59 Å². The second kappa shape index (κ2) is 5.28. The third kappa shape index (κ3) is 2.74. The molecule has 0 unspecified atom stereocenters. The van der Waals surface area contributed by atoms with Crippen molar-refractivity contribution in [2.24, 2.45) is 0 Å². The Bertz CT molecular complexity index is 595. The van der Waals surface area contributed by atoms with Gasteiger partial charge in [-0.1, -0.05) is 0 Å². The first-order valence-corrected chi connectivity index (χ1v) is 6.49. The molecule has 0 saturated carbocycles. The minimum Gasteiger partial charge on any atom is -0.477 e. The molecule has 1 amide bonds. The zero-order valence-corrected chi connectivity index (χ0v) is 11.3. The molecule has 2 heterocycles. The number of aromatic carboxylic acids is 1. The van der Waals surface area contributed by atoms with Crippen LogP contribution < -0.4 is 5.32 Å². The molecule has 0 aliphatic heterocycles. The molecule has 18 heavy (non-hydrogen) atoms. The van der Waals surface area contributed by atoms with Crippen molar-refractivity contribution in [2.45, 2.75) is 0 Å². The summed E-state index contributed by atoms with van der Waals surface area (Å²) in [6.45, 7) is 0. The summed E-state index contributed by atoms with van der Waals surface area (Å²) in [6.07, 6.45) is 1.41. The zero-order valence-electron chi connectivity index (χ0n) is 8.88. The molecule has 2 aromatic heterocycles. The normalized spacial score (nSPS) is 10.1. The Morgan fingerprint density at radius 3 is 2.72 bits per heavy atom. The quantitative estimate of drug-likeness (QED) is 0.850. The molecule has 7 heteroatoms. The number of thiophene rings is 1. The molecule has 92 valence electrons. The van der Waals surface area contributed by atoms with Crippen molar-refractivity contribution < 1.29 is 14.7 Å². The second-order valence-corrected chi connectivity index (χ2v) is 5.02. The van der Waals surface area contributed by atoms with Crippen LogP contribution in [0.1, 0.15) is 20.0 Å². The van der Waals surface area contributed by atoms with Crippen LogP contribution in [0.25, 0.3) is 0 Å². The smallest absolute Gasteiger partial charge is 0.348 e. The van der Waals surface area contributed by atoms with E-state index in [4.69, 9.17) is 5.11 Å². The van der Waals surface area contributed by atoms with E-state index in [1.165, 1.54) is 6.20 Å². The first kappa shape index (κ1) is 12.7. The Morgan fingerprint density at radius 2 is 2.11 bits per heavy atom. The highest BCUT2D eigenvalue weighted by molar-refractivity contribution is 9.10. The number of halogens is 1. The molecule has 0 fully saturated rings. The molecular formula is C11H7BrN2O3S. The lowest BCUT2D eigenvalue weighted by atomic mass is 10.2. The number of nitrogens with one attached hydrogen (secondary N) is 1. The van der Waals surface area contributed by atoms with Crippen LogP contribution in [-0.4, -0.2) is 22.0 Å². The molecule has 2 aromatic rings. The number of carboxylic acid groups (broad SMARTS) is 1. The number of anilines is 1. The predicted octanol–water partition coefficient (Wildman–Crippen LogP) is 2.86. The fraction of sp³-hybridized carbons (Fsp3) is 0. The van der Waals surface area contributed by atoms with Gasteiger partial charge < -0.3 is 10.4 Å². The van der Waals surface area contributed by atoms with E-state index in [1.807, 2.05) is 0 Å². The highest BCUT2D eigenvalue weighted by Crippen LogP contribution is 2.22. The number of amides is 1. The van der Waals surface area contributed by atoms with Gasteiger partial charge in [0.25, 0.3) is 5.91 Å². The van der Waals surface area contributed by atoms with Gasteiger partial charge in [-0.15, -0.1) is 11.3 Å². The molecule has 2 rings (SSSR count).